The van der Waals surface area contributed by atoms with Gasteiger partial charge in [-0.25, -0.2) is 8.78 Å². The molecule has 212 valence electrons. The highest BCUT2D eigenvalue weighted by molar-refractivity contribution is 6.36. The summed E-state index contributed by atoms with van der Waals surface area (Å²) in [5.74, 6) is 0.178. The van der Waals surface area contributed by atoms with E-state index >= 15 is 4.39 Å². The molecule has 0 bridgehead atoms. The van der Waals surface area contributed by atoms with Crippen molar-refractivity contribution in [2.45, 2.75) is 50.9 Å². The molecule has 4 aromatic rings. The summed E-state index contributed by atoms with van der Waals surface area (Å²) in [4.78, 5) is 13.2. The van der Waals surface area contributed by atoms with Crippen LogP contribution in [0, 0.1) is 12.7 Å². The predicted molar refractivity (Wildman–Crippen MR) is 155 cm³/mol. The first kappa shape index (κ1) is 27.1. The SMILES string of the molecule is COc1nc(N(C)C2CCNC2)c2ccc(-c3c(Cl)c(C)cc4[nH]ncc34)c(F)c2n1.FC1CC2CCCN2C1. The minimum absolute atomic E-state index is 0.125. The minimum Gasteiger partial charge on any atom is -0.467 e. The maximum atomic E-state index is 16.0. The number of anilines is 1. The van der Waals surface area contributed by atoms with Gasteiger partial charge in [0.1, 0.15) is 17.5 Å². The highest BCUT2D eigenvalue weighted by Gasteiger charge is 2.34. The molecule has 11 heteroatoms. The van der Waals surface area contributed by atoms with Crippen molar-refractivity contribution in [1.82, 2.24) is 30.4 Å². The quantitative estimate of drug-likeness (QED) is 0.346. The van der Waals surface area contributed by atoms with E-state index in [0.717, 1.165) is 48.9 Å². The Morgan fingerprint density at radius 3 is 2.80 bits per heavy atom. The highest BCUT2D eigenvalue weighted by Crippen LogP contribution is 2.41. The molecule has 0 aliphatic carbocycles. The van der Waals surface area contributed by atoms with Crippen LogP contribution in [0.2, 0.25) is 5.02 Å². The summed E-state index contributed by atoms with van der Waals surface area (Å²) in [6.45, 7) is 5.54. The fourth-order valence-electron chi connectivity index (χ4n) is 6.31. The Kier molecular flexibility index (Phi) is 7.50. The van der Waals surface area contributed by atoms with E-state index in [-0.39, 0.29) is 17.6 Å². The number of fused-ring (bicyclic) bond motifs is 3. The Morgan fingerprint density at radius 2 is 2.05 bits per heavy atom. The van der Waals surface area contributed by atoms with E-state index in [1.807, 2.05) is 26.1 Å². The molecule has 3 aliphatic rings. The number of hydrogen-bond donors (Lipinski definition) is 2. The molecule has 3 atom stereocenters. The lowest BCUT2D eigenvalue weighted by Gasteiger charge is -2.26. The normalized spacial score (nSPS) is 22.5. The molecule has 7 rings (SSSR count). The van der Waals surface area contributed by atoms with Crippen molar-refractivity contribution >= 4 is 39.2 Å². The molecule has 0 spiro atoms. The van der Waals surface area contributed by atoms with Crippen LogP contribution in [-0.4, -0.2) is 83.7 Å². The minimum atomic E-state index is -0.518. The van der Waals surface area contributed by atoms with E-state index in [2.05, 4.69) is 35.3 Å². The van der Waals surface area contributed by atoms with Crippen LogP contribution in [-0.2, 0) is 0 Å². The van der Waals surface area contributed by atoms with Crippen LogP contribution in [0.25, 0.3) is 32.9 Å². The molecule has 0 amide bonds. The second-order valence-electron chi connectivity index (χ2n) is 11.0. The van der Waals surface area contributed by atoms with E-state index in [0.29, 0.717) is 39.9 Å². The highest BCUT2D eigenvalue weighted by atomic mass is 35.5. The molecule has 3 aliphatic heterocycles. The van der Waals surface area contributed by atoms with Crippen LogP contribution in [0.1, 0.15) is 31.2 Å². The number of likely N-dealkylation sites (N-methyl/N-ethyl adjacent to an activating group) is 1. The Balaban J connectivity index is 0.000000271. The number of aromatic nitrogens is 4. The van der Waals surface area contributed by atoms with Crippen molar-refractivity contribution in [1.29, 1.82) is 0 Å². The summed E-state index contributed by atoms with van der Waals surface area (Å²) in [7, 11) is 3.45. The summed E-state index contributed by atoms with van der Waals surface area (Å²) in [5, 5.41) is 12.3. The summed E-state index contributed by atoms with van der Waals surface area (Å²) >= 11 is 6.63. The first-order chi connectivity index (χ1) is 19.4. The zero-order valence-corrected chi connectivity index (χ0v) is 23.7. The Hall–Kier alpha value is -3.08. The van der Waals surface area contributed by atoms with Gasteiger partial charge in [-0.15, -0.1) is 0 Å². The maximum absolute atomic E-state index is 16.0. The largest absolute Gasteiger partial charge is 0.467 e. The van der Waals surface area contributed by atoms with Crippen LogP contribution in [0.4, 0.5) is 14.6 Å². The topological polar surface area (TPSA) is 82.2 Å². The van der Waals surface area contributed by atoms with Gasteiger partial charge >= 0.3 is 6.01 Å². The summed E-state index contributed by atoms with van der Waals surface area (Å²) in [6, 6.07) is 6.50. The molecule has 2 N–H and O–H groups in total. The third-order valence-electron chi connectivity index (χ3n) is 8.46. The molecule has 3 saturated heterocycles. The number of hydrogen-bond acceptors (Lipinski definition) is 7. The van der Waals surface area contributed by atoms with Crippen LogP contribution < -0.4 is 15.0 Å². The Morgan fingerprint density at radius 1 is 1.20 bits per heavy atom. The smallest absolute Gasteiger partial charge is 0.318 e. The van der Waals surface area contributed by atoms with E-state index in [4.69, 9.17) is 16.3 Å². The monoisotopic (exact) mass is 569 g/mol. The van der Waals surface area contributed by atoms with E-state index in [1.165, 1.54) is 20.0 Å². The molecule has 2 aromatic carbocycles. The number of nitrogens with one attached hydrogen (secondary N) is 2. The van der Waals surface area contributed by atoms with Crippen LogP contribution in [0.15, 0.2) is 24.4 Å². The molecule has 5 heterocycles. The lowest BCUT2D eigenvalue weighted by molar-refractivity contribution is 0.292. The van der Waals surface area contributed by atoms with Crippen molar-refractivity contribution in [3.63, 3.8) is 0 Å². The van der Waals surface area contributed by atoms with Gasteiger partial charge in [-0.2, -0.15) is 15.1 Å². The number of halogens is 3. The van der Waals surface area contributed by atoms with Crippen molar-refractivity contribution in [2.75, 3.05) is 45.2 Å². The number of H-pyrrole nitrogens is 1. The summed E-state index contributed by atoms with van der Waals surface area (Å²) in [6.07, 6.45) is 5.46. The number of ether oxygens (including phenoxy) is 1. The number of alkyl halides is 1. The Labute approximate surface area is 237 Å². The average molecular weight is 570 g/mol. The zero-order chi connectivity index (χ0) is 28.0. The van der Waals surface area contributed by atoms with Gasteiger partial charge in [0.15, 0.2) is 5.82 Å². The number of benzene rings is 2. The van der Waals surface area contributed by atoms with Crippen molar-refractivity contribution in [2.24, 2.45) is 0 Å². The van der Waals surface area contributed by atoms with Crippen molar-refractivity contribution < 1.29 is 13.5 Å². The first-order valence-electron chi connectivity index (χ1n) is 13.8. The van der Waals surface area contributed by atoms with E-state index < -0.39 is 12.0 Å². The second-order valence-corrected chi connectivity index (χ2v) is 11.3. The molecule has 2 aromatic heterocycles. The summed E-state index contributed by atoms with van der Waals surface area (Å²) < 4.78 is 33.9. The predicted octanol–water partition coefficient (Wildman–Crippen LogP) is 5.27. The second kappa shape index (κ2) is 11.1. The lowest BCUT2D eigenvalue weighted by atomic mass is 9.97. The first-order valence-corrected chi connectivity index (χ1v) is 14.2. The standard InChI is InChI=1S/C22H22ClFN6O.C7H12FN/c1-11-8-16-15(10-26-29-16)17(18(11)23)13-4-5-14-20(19(13)24)27-22(31-3)28-21(14)30(2)12-6-7-25-9-12;8-6-4-7-2-1-3-9(7)5-6/h4-5,8,10,12,25H,6-7,9H2,1-3H3,(H,26,29);6-7H,1-5H2. The molecule has 40 heavy (non-hydrogen) atoms. The maximum Gasteiger partial charge on any atom is 0.318 e. The third kappa shape index (κ3) is 4.86. The number of nitrogens with zero attached hydrogens (tertiary/aromatic N) is 5. The number of rotatable bonds is 4. The fourth-order valence-corrected chi connectivity index (χ4v) is 6.57. The van der Waals surface area contributed by atoms with Gasteiger partial charge in [-0.3, -0.25) is 10.00 Å². The van der Waals surface area contributed by atoms with Crippen molar-refractivity contribution in [3.8, 4) is 17.1 Å². The number of methoxy groups -OCH3 is 1. The summed E-state index contributed by atoms with van der Waals surface area (Å²) in [5.41, 5.74) is 2.79. The van der Waals surface area contributed by atoms with E-state index in [9.17, 15) is 4.39 Å². The van der Waals surface area contributed by atoms with Gasteiger partial charge in [-0.1, -0.05) is 17.7 Å². The third-order valence-corrected chi connectivity index (χ3v) is 8.95. The van der Waals surface area contributed by atoms with Gasteiger partial charge < -0.3 is 15.0 Å². The van der Waals surface area contributed by atoms with Gasteiger partial charge in [0.05, 0.1) is 23.8 Å². The zero-order valence-electron chi connectivity index (χ0n) is 23.0. The fraction of sp³-hybridized carbons (Fsp3) is 0.483. The van der Waals surface area contributed by atoms with Gasteiger partial charge in [0.25, 0.3) is 0 Å². The lowest BCUT2D eigenvalue weighted by Crippen LogP contribution is -2.34. The molecule has 3 unspecified atom stereocenters. The van der Waals surface area contributed by atoms with Gasteiger partial charge in [-0.05, 0) is 63.4 Å². The van der Waals surface area contributed by atoms with Crippen molar-refractivity contribution in [3.05, 3.63) is 40.8 Å². The Bertz CT molecular complexity index is 1530. The van der Waals surface area contributed by atoms with Crippen LogP contribution in [0.3, 0.4) is 0 Å². The number of aromatic amines is 1. The molecule has 0 radical (unpaired) electrons. The average Bonchev–Trinajstić information content (AvgIpc) is 3.75. The van der Waals surface area contributed by atoms with E-state index in [1.54, 1.807) is 12.3 Å². The van der Waals surface area contributed by atoms with Crippen LogP contribution in [0.5, 0.6) is 6.01 Å². The van der Waals surface area contributed by atoms with Gasteiger partial charge in [0, 0.05) is 54.1 Å². The molecular formula is C29H34ClF2N7O. The molecule has 8 nitrogen and oxygen atoms in total. The molecule has 0 saturated carbocycles. The van der Waals surface area contributed by atoms with Crippen LogP contribution >= 0.6 is 11.6 Å². The molecule has 3 fully saturated rings. The number of aryl methyl sites for hydroxylation is 1. The van der Waals surface area contributed by atoms with Gasteiger partial charge in [0.2, 0.25) is 0 Å². The molecular weight excluding hydrogens is 536 g/mol.